The van der Waals surface area contributed by atoms with E-state index in [1.54, 1.807) is 6.07 Å². The van der Waals surface area contributed by atoms with Crippen LogP contribution in [0.1, 0.15) is 31.2 Å². The molecular formula is C16H22FNO2. The fourth-order valence-electron chi connectivity index (χ4n) is 2.90. The zero-order valence-electron chi connectivity index (χ0n) is 11.7. The molecule has 1 heterocycles. The van der Waals surface area contributed by atoms with E-state index in [0.29, 0.717) is 12.5 Å². The largest absolute Gasteiger partial charge is 0.481 e. The number of carboxylic acid groups (broad SMARTS) is 1. The fourth-order valence-corrected chi connectivity index (χ4v) is 2.90. The van der Waals surface area contributed by atoms with Crippen molar-refractivity contribution in [3.05, 3.63) is 35.6 Å². The summed E-state index contributed by atoms with van der Waals surface area (Å²) in [6, 6.07) is 6.95. The van der Waals surface area contributed by atoms with Crippen LogP contribution in [0.15, 0.2) is 24.3 Å². The molecule has 110 valence electrons. The number of likely N-dealkylation sites (tertiary alicyclic amines) is 1. The predicted molar refractivity (Wildman–Crippen MR) is 76.1 cm³/mol. The smallest absolute Gasteiger partial charge is 0.304 e. The molecule has 1 aromatic carbocycles. The van der Waals surface area contributed by atoms with Gasteiger partial charge < -0.3 is 10.0 Å². The van der Waals surface area contributed by atoms with Crippen molar-refractivity contribution >= 4 is 5.97 Å². The molecule has 0 aliphatic carbocycles. The standard InChI is InChI=1S/C16H22FNO2/c17-15-6-2-1-5-14(15)8-7-13-4-3-10-18(12-13)11-9-16(19)20/h1-2,5-6,13H,3-4,7-12H2,(H,19,20)/t13-/m0/s1. The Bertz CT molecular complexity index is 450. The normalized spacial score (nSPS) is 19.9. The van der Waals surface area contributed by atoms with Crippen LogP contribution in [0.3, 0.4) is 0 Å². The topological polar surface area (TPSA) is 40.5 Å². The highest BCUT2D eigenvalue weighted by Crippen LogP contribution is 2.22. The number of aryl methyl sites for hydroxylation is 1. The predicted octanol–water partition coefficient (Wildman–Crippen LogP) is 2.95. The van der Waals surface area contributed by atoms with E-state index in [1.165, 1.54) is 6.07 Å². The molecule has 0 spiro atoms. The Balaban J connectivity index is 1.78. The van der Waals surface area contributed by atoms with E-state index in [9.17, 15) is 9.18 Å². The van der Waals surface area contributed by atoms with Crippen LogP contribution < -0.4 is 0 Å². The van der Waals surface area contributed by atoms with Crippen molar-refractivity contribution in [1.29, 1.82) is 0 Å². The van der Waals surface area contributed by atoms with Gasteiger partial charge in [0.2, 0.25) is 0 Å². The summed E-state index contributed by atoms with van der Waals surface area (Å²) in [6.45, 7) is 2.57. The van der Waals surface area contributed by atoms with Gasteiger partial charge >= 0.3 is 5.97 Å². The third-order valence-corrected chi connectivity index (χ3v) is 4.02. The molecule has 1 aliphatic heterocycles. The van der Waals surface area contributed by atoms with E-state index in [4.69, 9.17) is 5.11 Å². The van der Waals surface area contributed by atoms with Gasteiger partial charge in [-0.3, -0.25) is 4.79 Å². The lowest BCUT2D eigenvalue weighted by Crippen LogP contribution is -2.36. The van der Waals surface area contributed by atoms with Crippen LogP contribution in [-0.4, -0.2) is 35.6 Å². The van der Waals surface area contributed by atoms with E-state index in [2.05, 4.69) is 4.90 Å². The number of hydrogen-bond donors (Lipinski definition) is 1. The number of rotatable bonds is 6. The second kappa shape index (κ2) is 7.39. The first-order valence-electron chi connectivity index (χ1n) is 7.32. The lowest BCUT2D eigenvalue weighted by atomic mass is 9.91. The number of halogens is 1. The summed E-state index contributed by atoms with van der Waals surface area (Å²) in [5, 5.41) is 8.72. The van der Waals surface area contributed by atoms with Crippen LogP contribution in [-0.2, 0) is 11.2 Å². The Kier molecular flexibility index (Phi) is 5.53. The minimum Gasteiger partial charge on any atom is -0.481 e. The molecule has 1 N–H and O–H groups in total. The summed E-state index contributed by atoms with van der Waals surface area (Å²) in [6.07, 6.45) is 4.23. The lowest BCUT2D eigenvalue weighted by Gasteiger charge is -2.32. The molecule has 0 bridgehead atoms. The number of piperidine rings is 1. The van der Waals surface area contributed by atoms with E-state index in [-0.39, 0.29) is 12.2 Å². The molecule has 1 aromatic rings. The molecule has 20 heavy (non-hydrogen) atoms. The third kappa shape index (κ3) is 4.60. The molecule has 0 amide bonds. The minimum atomic E-state index is -0.738. The molecule has 0 saturated carbocycles. The maximum Gasteiger partial charge on any atom is 0.304 e. The highest BCUT2D eigenvalue weighted by atomic mass is 19.1. The van der Waals surface area contributed by atoms with Crippen molar-refractivity contribution in [2.75, 3.05) is 19.6 Å². The van der Waals surface area contributed by atoms with Crippen molar-refractivity contribution in [2.45, 2.75) is 32.1 Å². The van der Waals surface area contributed by atoms with E-state index >= 15 is 0 Å². The number of hydrogen-bond acceptors (Lipinski definition) is 2. The average Bonchev–Trinajstić information content (AvgIpc) is 2.45. The van der Waals surface area contributed by atoms with Crippen molar-refractivity contribution in [3.63, 3.8) is 0 Å². The van der Waals surface area contributed by atoms with Gasteiger partial charge in [-0.25, -0.2) is 4.39 Å². The maximum absolute atomic E-state index is 13.6. The number of carbonyl (C=O) groups is 1. The molecule has 2 rings (SSSR count). The van der Waals surface area contributed by atoms with Gasteiger partial charge in [0.05, 0.1) is 6.42 Å². The van der Waals surface area contributed by atoms with Gasteiger partial charge in [0, 0.05) is 13.1 Å². The summed E-state index contributed by atoms with van der Waals surface area (Å²) in [7, 11) is 0. The summed E-state index contributed by atoms with van der Waals surface area (Å²) in [5.41, 5.74) is 0.787. The second-order valence-electron chi connectivity index (χ2n) is 5.58. The van der Waals surface area contributed by atoms with Crippen molar-refractivity contribution < 1.29 is 14.3 Å². The van der Waals surface area contributed by atoms with Crippen molar-refractivity contribution in [1.82, 2.24) is 4.90 Å². The number of benzene rings is 1. The first-order valence-corrected chi connectivity index (χ1v) is 7.32. The van der Waals surface area contributed by atoms with Gasteiger partial charge in [0.15, 0.2) is 0 Å². The molecule has 3 nitrogen and oxygen atoms in total. The van der Waals surface area contributed by atoms with Gasteiger partial charge in [-0.2, -0.15) is 0 Å². The van der Waals surface area contributed by atoms with Gasteiger partial charge in [0.25, 0.3) is 0 Å². The van der Waals surface area contributed by atoms with Crippen LogP contribution in [0.4, 0.5) is 4.39 Å². The Labute approximate surface area is 119 Å². The van der Waals surface area contributed by atoms with Gasteiger partial charge in [-0.15, -0.1) is 0 Å². The van der Waals surface area contributed by atoms with Crippen LogP contribution in [0.5, 0.6) is 0 Å². The average molecular weight is 279 g/mol. The zero-order valence-corrected chi connectivity index (χ0v) is 11.7. The third-order valence-electron chi connectivity index (χ3n) is 4.02. The molecule has 0 aromatic heterocycles. The van der Waals surface area contributed by atoms with Crippen LogP contribution in [0, 0.1) is 11.7 Å². The highest BCUT2D eigenvalue weighted by Gasteiger charge is 2.20. The molecule has 1 saturated heterocycles. The van der Waals surface area contributed by atoms with Crippen molar-refractivity contribution in [2.24, 2.45) is 5.92 Å². The van der Waals surface area contributed by atoms with Crippen LogP contribution in [0.25, 0.3) is 0 Å². The summed E-state index contributed by atoms with van der Waals surface area (Å²) in [5.74, 6) is -0.304. The fraction of sp³-hybridized carbons (Fsp3) is 0.562. The zero-order chi connectivity index (χ0) is 14.4. The van der Waals surface area contributed by atoms with Crippen LogP contribution >= 0.6 is 0 Å². The maximum atomic E-state index is 13.6. The number of nitrogens with zero attached hydrogens (tertiary/aromatic N) is 1. The highest BCUT2D eigenvalue weighted by molar-refractivity contribution is 5.66. The first kappa shape index (κ1) is 15.0. The molecule has 0 unspecified atom stereocenters. The second-order valence-corrected chi connectivity index (χ2v) is 5.58. The Morgan fingerprint density at radius 1 is 1.40 bits per heavy atom. The monoisotopic (exact) mass is 279 g/mol. The van der Waals surface area contributed by atoms with E-state index in [1.807, 2.05) is 12.1 Å². The van der Waals surface area contributed by atoms with Crippen molar-refractivity contribution in [3.8, 4) is 0 Å². The molecule has 1 fully saturated rings. The number of aliphatic carboxylic acids is 1. The summed E-state index contributed by atoms with van der Waals surface area (Å²) >= 11 is 0. The molecular weight excluding hydrogens is 257 g/mol. The lowest BCUT2D eigenvalue weighted by molar-refractivity contribution is -0.137. The van der Waals surface area contributed by atoms with E-state index < -0.39 is 5.97 Å². The molecule has 1 aliphatic rings. The summed E-state index contributed by atoms with van der Waals surface area (Å²) in [4.78, 5) is 12.8. The quantitative estimate of drug-likeness (QED) is 0.870. The van der Waals surface area contributed by atoms with Crippen LogP contribution in [0.2, 0.25) is 0 Å². The minimum absolute atomic E-state index is 0.119. The van der Waals surface area contributed by atoms with E-state index in [0.717, 1.165) is 44.3 Å². The Hall–Kier alpha value is -1.42. The summed E-state index contributed by atoms with van der Waals surface area (Å²) < 4.78 is 13.6. The molecule has 4 heteroatoms. The van der Waals surface area contributed by atoms with Gasteiger partial charge in [0.1, 0.15) is 5.82 Å². The molecule has 0 radical (unpaired) electrons. The Morgan fingerprint density at radius 3 is 2.95 bits per heavy atom. The SMILES string of the molecule is O=C(O)CCN1CCC[C@@H](CCc2ccccc2F)C1. The molecule has 1 atom stereocenters. The number of carboxylic acids is 1. The Morgan fingerprint density at radius 2 is 2.20 bits per heavy atom. The van der Waals surface area contributed by atoms with Gasteiger partial charge in [-0.1, -0.05) is 18.2 Å². The first-order chi connectivity index (χ1) is 9.65. The van der Waals surface area contributed by atoms with Gasteiger partial charge in [-0.05, 0) is 49.8 Å².